The number of fused-ring (bicyclic) bond motifs is 1. The van der Waals surface area contributed by atoms with E-state index in [0.717, 1.165) is 5.06 Å². The molecule has 140 valence electrons. The van der Waals surface area contributed by atoms with Crippen LogP contribution in [0.5, 0.6) is 0 Å². The highest BCUT2D eigenvalue weighted by Gasteiger charge is 2.30. The minimum Gasteiger partial charge on any atom is -0.442 e. The molecule has 2 aromatic rings. The first kappa shape index (κ1) is 19.6. The number of pyridine rings is 1. The Hall–Kier alpha value is -2.74. The fourth-order valence-electron chi connectivity index (χ4n) is 2.17. The molecule has 1 amide bonds. The number of rotatable bonds is 3. The van der Waals surface area contributed by atoms with E-state index in [4.69, 9.17) is 9.57 Å². The number of ether oxygens (including phenoxy) is 1. The first-order valence-electron chi connectivity index (χ1n) is 8.13. The summed E-state index contributed by atoms with van der Waals surface area (Å²) in [5, 5.41) is 13.1. The number of nitro groups is 1. The van der Waals surface area contributed by atoms with Gasteiger partial charge in [-0.1, -0.05) is 0 Å². The van der Waals surface area contributed by atoms with Crippen LogP contribution in [-0.2, 0) is 9.57 Å². The summed E-state index contributed by atoms with van der Waals surface area (Å²) in [5.41, 5.74) is -1.46. The zero-order valence-electron chi connectivity index (χ0n) is 15.8. The lowest BCUT2D eigenvalue weighted by molar-refractivity contribution is -0.384. The van der Waals surface area contributed by atoms with E-state index in [-0.39, 0.29) is 11.5 Å². The van der Waals surface area contributed by atoms with Crippen molar-refractivity contribution in [1.29, 1.82) is 0 Å². The molecule has 0 saturated heterocycles. The highest BCUT2D eigenvalue weighted by atomic mass is 16.7. The molecular formula is C18H23N3O5. The Morgan fingerprint density at radius 1 is 1.12 bits per heavy atom. The molecular weight excluding hydrogens is 338 g/mol. The van der Waals surface area contributed by atoms with Crippen LogP contribution in [0, 0.1) is 10.1 Å². The maximum atomic E-state index is 12.7. The standard InChI is InChI=1S/C18H23N3O5/c1-17(2,3)25-16(22)20(26-18(4,5)6)15-14-8-7-13(21(23)24)11-12(14)9-10-19-15/h7-11H,1-6H3. The number of hydrogen-bond acceptors (Lipinski definition) is 6. The predicted molar refractivity (Wildman–Crippen MR) is 97.9 cm³/mol. The summed E-state index contributed by atoms with van der Waals surface area (Å²) in [6.07, 6.45) is 0.746. The molecule has 0 aliphatic carbocycles. The summed E-state index contributed by atoms with van der Waals surface area (Å²) >= 11 is 0. The summed E-state index contributed by atoms with van der Waals surface area (Å²) in [4.78, 5) is 33.2. The van der Waals surface area contributed by atoms with E-state index in [9.17, 15) is 14.9 Å². The summed E-state index contributed by atoms with van der Waals surface area (Å²) in [6, 6.07) is 5.96. The van der Waals surface area contributed by atoms with Crippen LogP contribution in [0.3, 0.4) is 0 Å². The quantitative estimate of drug-likeness (QED) is 0.585. The molecule has 2 rings (SSSR count). The average molecular weight is 361 g/mol. The molecule has 1 aromatic heterocycles. The molecule has 8 nitrogen and oxygen atoms in total. The van der Waals surface area contributed by atoms with Gasteiger partial charge in [0.2, 0.25) is 0 Å². The van der Waals surface area contributed by atoms with E-state index in [0.29, 0.717) is 10.8 Å². The van der Waals surface area contributed by atoms with Gasteiger partial charge in [0.25, 0.3) is 5.69 Å². The van der Waals surface area contributed by atoms with Crippen LogP contribution in [0.2, 0.25) is 0 Å². The third-order valence-corrected chi connectivity index (χ3v) is 3.05. The van der Waals surface area contributed by atoms with Crippen molar-refractivity contribution in [3.8, 4) is 0 Å². The second-order valence-electron chi connectivity index (χ2n) is 7.78. The number of nitro benzene ring substituents is 1. The molecule has 0 unspecified atom stereocenters. The lowest BCUT2D eigenvalue weighted by Gasteiger charge is -2.31. The number of hydroxylamine groups is 1. The smallest absolute Gasteiger partial charge is 0.440 e. The van der Waals surface area contributed by atoms with Gasteiger partial charge in [0.05, 0.1) is 10.5 Å². The van der Waals surface area contributed by atoms with Gasteiger partial charge in [-0.3, -0.25) is 15.0 Å². The molecule has 0 aliphatic rings. The third kappa shape index (κ3) is 4.89. The van der Waals surface area contributed by atoms with Crippen LogP contribution in [0.15, 0.2) is 30.5 Å². The van der Waals surface area contributed by atoms with E-state index in [1.54, 1.807) is 53.7 Å². The maximum Gasteiger partial charge on any atom is 0.440 e. The number of carbonyl (C=O) groups excluding carboxylic acids is 1. The van der Waals surface area contributed by atoms with E-state index in [2.05, 4.69) is 4.98 Å². The Morgan fingerprint density at radius 2 is 1.77 bits per heavy atom. The van der Waals surface area contributed by atoms with Crippen molar-refractivity contribution < 1.29 is 19.3 Å². The normalized spacial score (nSPS) is 12.1. The first-order chi connectivity index (χ1) is 11.9. The van der Waals surface area contributed by atoms with Crippen molar-refractivity contribution in [3.05, 3.63) is 40.6 Å². The molecule has 1 aromatic carbocycles. The SMILES string of the molecule is CC(C)(C)OC(=O)N(OC(C)(C)C)c1nccc2cc([N+](=O)[O-])ccc12. The summed E-state index contributed by atoms with van der Waals surface area (Å²) in [5.74, 6) is 0.210. The third-order valence-electron chi connectivity index (χ3n) is 3.05. The predicted octanol–water partition coefficient (Wildman–Crippen LogP) is 4.61. The van der Waals surface area contributed by atoms with Crippen molar-refractivity contribution in [1.82, 2.24) is 4.98 Å². The van der Waals surface area contributed by atoms with Crippen LogP contribution in [0.25, 0.3) is 10.8 Å². The van der Waals surface area contributed by atoms with Gasteiger partial charge in [-0.25, -0.2) is 9.78 Å². The first-order valence-corrected chi connectivity index (χ1v) is 8.13. The second kappa shape index (κ2) is 6.87. The molecule has 0 spiro atoms. The summed E-state index contributed by atoms with van der Waals surface area (Å²) < 4.78 is 5.42. The lowest BCUT2D eigenvalue weighted by atomic mass is 10.1. The van der Waals surface area contributed by atoms with E-state index in [1.165, 1.54) is 18.3 Å². The molecule has 0 radical (unpaired) electrons. The second-order valence-corrected chi connectivity index (χ2v) is 7.78. The number of non-ortho nitro benzene ring substituents is 1. The average Bonchev–Trinajstić information content (AvgIpc) is 2.49. The summed E-state index contributed by atoms with van der Waals surface area (Å²) in [7, 11) is 0. The lowest BCUT2D eigenvalue weighted by Crippen LogP contribution is -2.42. The molecule has 0 aliphatic heterocycles. The van der Waals surface area contributed by atoms with Crippen molar-refractivity contribution in [2.45, 2.75) is 52.7 Å². The number of amides is 1. The Balaban J connectivity index is 2.56. The van der Waals surface area contributed by atoms with Gasteiger partial charge < -0.3 is 4.74 Å². The number of benzene rings is 1. The van der Waals surface area contributed by atoms with Crippen LogP contribution in [0.4, 0.5) is 16.3 Å². The molecule has 26 heavy (non-hydrogen) atoms. The van der Waals surface area contributed by atoms with Crippen molar-refractivity contribution >= 4 is 28.4 Å². The van der Waals surface area contributed by atoms with Crippen molar-refractivity contribution in [2.24, 2.45) is 0 Å². The van der Waals surface area contributed by atoms with Gasteiger partial charge >= 0.3 is 6.09 Å². The van der Waals surface area contributed by atoms with Gasteiger partial charge in [-0.15, -0.1) is 5.06 Å². The van der Waals surface area contributed by atoms with Crippen LogP contribution >= 0.6 is 0 Å². The largest absolute Gasteiger partial charge is 0.442 e. The van der Waals surface area contributed by atoms with Gasteiger partial charge in [0.1, 0.15) is 5.60 Å². The number of hydrogen-bond donors (Lipinski definition) is 0. The Bertz CT molecular complexity index is 837. The van der Waals surface area contributed by atoms with Gasteiger partial charge in [-0.2, -0.15) is 0 Å². The maximum absolute atomic E-state index is 12.7. The van der Waals surface area contributed by atoms with Gasteiger partial charge in [-0.05, 0) is 59.1 Å². The van der Waals surface area contributed by atoms with Crippen LogP contribution < -0.4 is 5.06 Å². The number of aromatic nitrogens is 1. The summed E-state index contributed by atoms with van der Waals surface area (Å²) in [6.45, 7) is 10.6. The van der Waals surface area contributed by atoms with E-state index in [1.807, 2.05) is 0 Å². The molecule has 0 saturated carbocycles. The zero-order valence-corrected chi connectivity index (χ0v) is 15.8. The van der Waals surface area contributed by atoms with Gasteiger partial charge in [0.15, 0.2) is 5.82 Å². The Kier molecular flexibility index (Phi) is 5.18. The van der Waals surface area contributed by atoms with E-state index < -0.39 is 22.2 Å². The highest BCUT2D eigenvalue weighted by molar-refractivity contribution is 5.99. The monoisotopic (exact) mass is 361 g/mol. The fraction of sp³-hybridized carbons (Fsp3) is 0.444. The Morgan fingerprint density at radius 3 is 2.31 bits per heavy atom. The molecule has 0 bridgehead atoms. The van der Waals surface area contributed by atoms with Crippen molar-refractivity contribution in [3.63, 3.8) is 0 Å². The van der Waals surface area contributed by atoms with Crippen molar-refractivity contribution in [2.75, 3.05) is 5.06 Å². The van der Waals surface area contributed by atoms with E-state index >= 15 is 0 Å². The number of anilines is 1. The minimum atomic E-state index is -0.722. The molecule has 1 heterocycles. The van der Waals surface area contributed by atoms with Crippen LogP contribution in [0.1, 0.15) is 41.5 Å². The minimum absolute atomic E-state index is 0.0461. The Labute approximate surface area is 151 Å². The van der Waals surface area contributed by atoms with Crippen LogP contribution in [-0.4, -0.2) is 27.2 Å². The topological polar surface area (TPSA) is 94.8 Å². The zero-order chi connectivity index (χ0) is 19.7. The number of carbonyl (C=O) groups is 1. The van der Waals surface area contributed by atoms with Gasteiger partial charge in [0, 0.05) is 23.7 Å². The molecule has 8 heteroatoms. The highest BCUT2D eigenvalue weighted by Crippen LogP contribution is 2.30. The molecule has 0 N–H and O–H groups in total. The molecule has 0 fully saturated rings. The number of nitrogens with zero attached hydrogens (tertiary/aromatic N) is 3. The molecule has 0 atom stereocenters. The fourth-order valence-corrected chi connectivity index (χ4v) is 2.17.